The summed E-state index contributed by atoms with van der Waals surface area (Å²) in [6.07, 6.45) is 0. The van der Waals surface area contributed by atoms with Gasteiger partial charge in [-0.25, -0.2) is 4.79 Å². The van der Waals surface area contributed by atoms with Gasteiger partial charge in [-0.05, 0) is 18.1 Å². The second-order valence-electron chi connectivity index (χ2n) is 7.42. The molecule has 0 saturated carbocycles. The summed E-state index contributed by atoms with van der Waals surface area (Å²) in [7, 11) is 0. The third-order valence-electron chi connectivity index (χ3n) is 5.37. The predicted molar refractivity (Wildman–Crippen MR) is 121 cm³/mol. The van der Waals surface area contributed by atoms with E-state index >= 15 is 0 Å². The lowest BCUT2D eigenvalue weighted by Gasteiger charge is -2.30. The van der Waals surface area contributed by atoms with Gasteiger partial charge in [0.05, 0.1) is 17.6 Å². The van der Waals surface area contributed by atoms with Gasteiger partial charge >= 0.3 is 5.97 Å². The molecule has 0 bridgehead atoms. The Balaban J connectivity index is 1.81. The van der Waals surface area contributed by atoms with Crippen LogP contribution in [-0.4, -0.2) is 34.3 Å². The maximum atomic E-state index is 12.9. The van der Waals surface area contributed by atoms with E-state index in [2.05, 4.69) is 4.90 Å². The minimum absolute atomic E-state index is 0.00163. The third-order valence-corrected chi connectivity index (χ3v) is 5.37. The molecule has 7 heteroatoms. The van der Waals surface area contributed by atoms with Crippen molar-refractivity contribution in [3.05, 3.63) is 112 Å². The number of nitro groups is 1. The van der Waals surface area contributed by atoms with Gasteiger partial charge in [0.1, 0.15) is 5.84 Å². The highest BCUT2D eigenvalue weighted by Crippen LogP contribution is 2.37. The van der Waals surface area contributed by atoms with Gasteiger partial charge in [-0.1, -0.05) is 72.8 Å². The lowest BCUT2D eigenvalue weighted by atomic mass is 9.98. The van der Waals surface area contributed by atoms with Crippen LogP contribution in [0.3, 0.4) is 0 Å². The molecule has 4 rings (SSSR count). The summed E-state index contributed by atoms with van der Waals surface area (Å²) in [5, 5.41) is 11.1. The number of ether oxygens (including phenoxy) is 1. The third kappa shape index (κ3) is 4.37. The average molecular weight is 429 g/mol. The van der Waals surface area contributed by atoms with Gasteiger partial charge in [0, 0.05) is 24.2 Å². The molecule has 3 aromatic carbocycles. The number of carbonyl (C=O) groups excluding carboxylic acids is 1. The van der Waals surface area contributed by atoms with Crippen LogP contribution in [0.2, 0.25) is 0 Å². The summed E-state index contributed by atoms with van der Waals surface area (Å²) in [6.45, 7) is 2.53. The summed E-state index contributed by atoms with van der Waals surface area (Å²) in [5.41, 5.74) is 2.72. The molecule has 32 heavy (non-hydrogen) atoms. The normalized spacial score (nSPS) is 17.7. The summed E-state index contributed by atoms with van der Waals surface area (Å²) in [6, 6.07) is 24.7. The molecule has 0 saturated heterocycles. The van der Waals surface area contributed by atoms with E-state index in [1.807, 2.05) is 60.7 Å². The maximum Gasteiger partial charge on any atom is 0.333 e. The average Bonchev–Trinajstić information content (AvgIpc) is 3.19. The number of esters is 1. The molecule has 7 nitrogen and oxygen atoms in total. The SMILES string of the molecule is CCOC(=O)C1N=C(c2ccccc2)N(Cc2ccccc2)C1c1ccc([N+](=O)[O-])cc1. The fraction of sp³-hybridized carbons (Fsp3) is 0.200. The van der Waals surface area contributed by atoms with E-state index in [0.29, 0.717) is 12.4 Å². The molecule has 1 aliphatic heterocycles. The molecular formula is C25H23N3O4. The highest BCUT2D eigenvalue weighted by Gasteiger charge is 2.42. The summed E-state index contributed by atoms with van der Waals surface area (Å²) in [4.78, 5) is 30.5. The van der Waals surface area contributed by atoms with Crippen molar-refractivity contribution in [1.82, 2.24) is 4.90 Å². The van der Waals surface area contributed by atoms with E-state index in [-0.39, 0.29) is 12.3 Å². The van der Waals surface area contributed by atoms with Gasteiger partial charge in [-0.3, -0.25) is 15.1 Å². The number of hydrogen-bond donors (Lipinski definition) is 0. The Labute approximate surface area is 186 Å². The van der Waals surface area contributed by atoms with Crippen LogP contribution < -0.4 is 0 Å². The second kappa shape index (κ2) is 9.43. The Hall–Kier alpha value is -4.00. The van der Waals surface area contributed by atoms with Crippen LogP contribution in [0.4, 0.5) is 5.69 Å². The number of carbonyl (C=O) groups is 1. The van der Waals surface area contributed by atoms with Gasteiger partial charge in [0.2, 0.25) is 0 Å². The predicted octanol–water partition coefficient (Wildman–Crippen LogP) is 4.53. The molecule has 3 aromatic rings. The topological polar surface area (TPSA) is 85.0 Å². The number of rotatable bonds is 7. The van der Waals surface area contributed by atoms with Crippen LogP contribution >= 0.6 is 0 Å². The van der Waals surface area contributed by atoms with Gasteiger partial charge in [0.15, 0.2) is 6.04 Å². The Bertz CT molecular complexity index is 1110. The first kappa shape index (κ1) is 21.2. The molecule has 2 atom stereocenters. The number of hydrogen-bond acceptors (Lipinski definition) is 6. The fourth-order valence-corrected chi connectivity index (χ4v) is 3.92. The Kier molecular flexibility index (Phi) is 6.26. The molecule has 162 valence electrons. The number of benzene rings is 3. The van der Waals surface area contributed by atoms with E-state index in [1.54, 1.807) is 19.1 Å². The fourth-order valence-electron chi connectivity index (χ4n) is 3.92. The molecule has 2 unspecified atom stereocenters. The molecule has 0 radical (unpaired) electrons. The second-order valence-corrected chi connectivity index (χ2v) is 7.42. The quantitative estimate of drug-likeness (QED) is 0.313. The first-order valence-corrected chi connectivity index (χ1v) is 10.4. The molecule has 0 spiro atoms. The Morgan fingerprint density at radius 3 is 2.22 bits per heavy atom. The minimum Gasteiger partial charge on any atom is -0.464 e. The van der Waals surface area contributed by atoms with Crippen molar-refractivity contribution >= 4 is 17.5 Å². The van der Waals surface area contributed by atoms with E-state index in [4.69, 9.17) is 9.73 Å². The first-order valence-electron chi connectivity index (χ1n) is 10.4. The Morgan fingerprint density at radius 2 is 1.62 bits per heavy atom. The van der Waals surface area contributed by atoms with E-state index < -0.39 is 23.0 Å². The molecule has 0 fully saturated rings. The van der Waals surface area contributed by atoms with E-state index in [1.165, 1.54) is 12.1 Å². The molecule has 0 N–H and O–H groups in total. The molecule has 1 aliphatic rings. The van der Waals surface area contributed by atoms with E-state index in [9.17, 15) is 14.9 Å². The highest BCUT2D eigenvalue weighted by molar-refractivity contribution is 6.02. The minimum atomic E-state index is -0.782. The standard InChI is InChI=1S/C25H23N3O4/c1-2-32-25(29)22-23(19-13-15-21(16-14-19)28(30)31)27(17-18-9-5-3-6-10-18)24(26-22)20-11-7-4-8-12-20/h3-16,22-23H,2,17H2,1H3. The van der Waals surface area contributed by atoms with Crippen molar-refractivity contribution in [2.75, 3.05) is 6.61 Å². The van der Waals surface area contributed by atoms with Crippen molar-refractivity contribution < 1.29 is 14.5 Å². The van der Waals surface area contributed by atoms with Gasteiger partial charge < -0.3 is 9.64 Å². The molecule has 1 heterocycles. The zero-order valence-electron chi connectivity index (χ0n) is 17.6. The zero-order chi connectivity index (χ0) is 22.5. The summed E-state index contributed by atoms with van der Waals surface area (Å²) in [5.74, 6) is 0.274. The van der Waals surface area contributed by atoms with E-state index in [0.717, 1.165) is 16.7 Å². The largest absolute Gasteiger partial charge is 0.464 e. The maximum absolute atomic E-state index is 12.9. The number of amidine groups is 1. The molecule has 0 aromatic heterocycles. The molecular weight excluding hydrogens is 406 g/mol. The first-order chi connectivity index (χ1) is 15.6. The monoisotopic (exact) mass is 429 g/mol. The van der Waals surface area contributed by atoms with Crippen molar-refractivity contribution in [3.8, 4) is 0 Å². The summed E-state index contributed by atoms with van der Waals surface area (Å²) < 4.78 is 5.34. The van der Waals surface area contributed by atoms with Crippen LogP contribution in [0, 0.1) is 10.1 Å². The number of aliphatic imine (C=N–C) groups is 1. The Morgan fingerprint density at radius 1 is 1.00 bits per heavy atom. The van der Waals surface area contributed by atoms with Gasteiger partial charge in [-0.2, -0.15) is 0 Å². The van der Waals surface area contributed by atoms with Crippen LogP contribution in [0.15, 0.2) is 89.9 Å². The smallest absolute Gasteiger partial charge is 0.333 e. The van der Waals surface area contributed by atoms with Gasteiger partial charge in [-0.15, -0.1) is 0 Å². The van der Waals surface area contributed by atoms with Crippen LogP contribution in [0.5, 0.6) is 0 Å². The lowest BCUT2D eigenvalue weighted by molar-refractivity contribution is -0.384. The number of nitrogens with zero attached hydrogens (tertiary/aromatic N) is 3. The lowest BCUT2D eigenvalue weighted by Crippen LogP contribution is -2.36. The molecule has 0 amide bonds. The molecule has 0 aliphatic carbocycles. The zero-order valence-corrected chi connectivity index (χ0v) is 17.6. The van der Waals surface area contributed by atoms with Crippen LogP contribution in [0.1, 0.15) is 29.7 Å². The van der Waals surface area contributed by atoms with Crippen LogP contribution in [0.25, 0.3) is 0 Å². The summed E-state index contributed by atoms with van der Waals surface area (Å²) >= 11 is 0. The van der Waals surface area contributed by atoms with Crippen molar-refractivity contribution in [2.45, 2.75) is 25.6 Å². The highest BCUT2D eigenvalue weighted by atomic mass is 16.6. The van der Waals surface area contributed by atoms with Crippen molar-refractivity contribution in [3.63, 3.8) is 0 Å². The van der Waals surface area contributed by atoms with Gasteiger partial charge in [0.25, 0.3) is 5.69 Å². The number of non-ortho nitro benzene ring substituents is 1. The van der Waals surface area contributed by atoms with Crippen molar-refractivity contribution in [1.29, 1.82) is 0 Å². The van der Waals surface area contributed by atoms with Crippen molar-refractivity contribution in [2.24, 2.45) is 4.99 Å². The number of nitro benzene ring substituents is 1. The van der Waals surface area contributed by atoms with Crippen LogP contribution in [-0.2, 0) is 16.1 Å².